The van der Waals surface area contributed by atoms with Crippen LogP contribution in [0.1, 0.15) is 30.5 Å². The number of benzene rings is 2. The zero-order valence-corrected chi connectivity index (χ0v) is 16.2. The van der Waals surface area contributed by atoms with Gasteiger partial charge in [0.05, 0.1) is 27.4 Å². The number of nitrogens with zero attached hydrogens (tertiary/aromatic N) is 2. The van der Waals surface area contributed by atoms with E-state index in [0.29, 0.717) is 41.2 Å². The minimum atomic E-state index is -0.333. The summed E-state index contributed by atoms with van der Waals surface area (Å²) in [5.41, 5.74) is 3.06. The number of carbonyl (C=O) groups excluding carboxylic acids is 1. The first-order valence-corrected chi connectivity index (χ1v) is 8.76. The summed E-state index contributed by atoms with van der Waals surface area (Å²) in [7, 11) is 4.61. The summed E-state index contributed by atoms with van der Waals surface area (Å²) in [6.45, 7) is 1.45. The fourth-order valence-electron chi connectivity index (χ4n) is 3.73. The summed E-state index contributed by atoms with van der Waals surface area (Å²) in [4.78, 5) is 14.9. The number of hydrogen-bond acceptors (Lipinski definition) is 6. The van der Waals surface area contributed by atoms with E-state index in [2.05, 4.69) is 10.3 Å². The average Bonchev–Trinajstić information content (AvgIpc) is 2.82. The highest BCUT2D eigenvalue weighted by molar-refractivity contribution is 5.86. The Balaban J connectivity index is 2.38. The van der Waals surface area contributed by atoms with Crippen LogP contribution in [0.3, 0.4) is 0 Å². The molecule has 1 unspecified atom stereocenters. The second-order valence-electron chi connectivity index (χ2n) is 6.50. The van der Waals surface area contributed by atoms with E-state index < -0.39 is 0 Å². The minimum absolute atomic E-state index is 0.0185. The Morgan fingerprint density at radius 1 is 1.18 bits per heavy atom. The number of ether oxygens (including phenoxy) is 3. The molecule has 1 amide bonds. The number of methoxy groups -OCH3 is 3. The molecule has 3 rings (SSSR count). The molecule has 0 fully saturated rings. The van der Waals surface area contributed by atoms with Gasteiger partial charge in [0.15, 0.2) is 16.5 Å². The summed E-state index contributed by atoms with van der Waals surface area (Å²) in [5, 5.41) is 22.4. The van der Waals surface area contributed by atoms with Crippen molar-refractivity contribution in [2.24, 2.45) is 0 Å². The van der Waals surface area contributed by atoms with Gasteiger partial charge in [-0.05, 0) is 41.7 Å². The predicted octanol–water partition coefficient (Wildman–Crippen LogP) is 3.69. The third kappa shape index (κ3) is 3.16. The first-order valence-electron chi connectivity index (χ1n) is 8.76. The van der Waals surface area contributed by atoms with Crippen LogP contribution in [0.2, 0.25) is 0 Å². The predicted molar refractivity (Wildman–Crippen MR) is 103 cm³/mol. The summed E-state index contributed by atoms with van der Waals surface area (Å²) in [6.07, 6.45) is 1.23. The van der Waals surface area contributed by atoms with Gasteiger partial charge in [0.2, 0.25) is 22.8 Å². The van der Waals surface area contributed by atoms with Gasteiger partial charge >= 0.3 is 5.69 Å². The zero-order chi connectivity index (χ0) is 20.4. The van der Waals surface area contributed by atoms with Crippen molar-refractivity contribution >= 4 is 11.6 Å². The molecule has 0 bridgehead atoms. The van der Waals surface area contributed by atoms with Crippen LogP contribution in [0.4, 0.5) is 5.69 Å². The number of nitrogens with one attached hydrogen (secondary N) is 1. The van der Waals surface area contributed by atoms with E-state index >= 15 is 0 Å². The smallest absolute Gasteiger partial charge is 0.426 e. The van der Waals surface area contributed by atoms with Crippen LogP contribution >= 0.6 is 0 Å². The topological polar surface area (TPSA) is 105 Å². The van der Waals surface area contributed by atoms with E-state index in [-0.39, 0.29) is 23.4 Å². The van der Waals surface area contributed by atoms with Crippen LogP contribution in [0.25, 0.3) is 16.1 Å². The molecular weight excluding hydrogens is 362 g/mol. The van der Waals surface area contributed by atoms with Crippen molar-refractivity contribution in [1.29, 1.82) is 5.39 Å². The van der Waals surface area contributed by atoms with Crippen molar-refractivity contribution in [3.8, 4) is 34.1 Å². The lowest BCUT2D eigenvalue weighted by Gasteiger charge is -2.20. The number of diazo groups is 1. The van der Waals surface area contributed by atoms with Crippen LogP contribution in [0, 0.1) is 5.39 Å². The number of amides is 1. The molecule has 1 atom stereocenters. The van der Waals surface area contributed by atoms with Gasteiger partial charge in [-0.1, -0.05) is 0 Å². The molecule has 0 aromatic heterocycles. The van der Waals surface area contributed by atoms with Gasteiger partial charge in [-0.15, -0.1) is 0 Å². The molecule has 0 radical (unpaired) electrons. The molecule has 0 spiro atoms. The van der Waals surface area contributed by atoms with E-state index in [0.717, 1.165) is 11.1 Å². The number of rotatable bonds is 4. The highest BCUT2D eigenvalue weighted by atomic mass is 16.5. The lowest BCUT2D eigenvalue weighted by atomic mass is 9.93. The molecule has 1 aliphatic rings. The first kappa shape index (κ1) is 19.3. The second-order valence-corrected chi connectivity index (χ2v) is 6.50. The van der Waals surface area contributed by atoms with Gasteiger partial charge in [-0.25, -0.2) is 0 Å². The largest absolute Gasteiger partial charge is 0.501 e. The lowest BCUT2D eigenvalue weighted by Crippen LogP contribution is -2.26. The number of phenols is 1. The first-order chi connectivity index (χ1) is 13.4. The molecule has 8 nitrogen and oxygen atoms in total. The van der Waals surface area contributed by atoms with E-state index in [9.17, 15) is 15.3 Å². The van der Waals surface area contributed by atoms with Crippen molar-refractivity contribution in [3.63, 3.8) is 0 Å². The number of aryl methyl sites for hydroxylation is 1. The molecule has 0 aliphatic heterocycles. The van der Waals surface area contributed by atoms with Crippen molar-refractivity contribution in [2.75, 3.05) is 21.3 Å². The van der Waals surface area contributed by atoms with Crippen LogP contribution in [0.15, 0.2) is 18.2 Å². The zero-order valence-electron chi connectivity index (χ0n) is 16.2. The molecule has 28 heavy (non-hydrogen) atoms. The van der Waals surface area contributed by atoms with Gasteiger partial charge in [-0.2, -0.15) is 0 Å². The van der Waals surface area contributed by atoms with Crippen LogP contribution < -0.4 is 19.5 Å². The Kier molecular flexibility index (Phi) is 5.27. The number of carbonyl (C=O) groups is 1. The normalized spacial score (nSPS) is 14.8. The van der Waals surface area contributed by atoms with Gasteiger partial charge < -0.3 is 24.6 Å². The molecule has 2 aromatic carbocycles. The van der Waals surface area contributed by atoms with Gasteiger partial charge in [0.1, 0.15) is 0 Å². The van der Waals surface area contributed by atoms with E-state index in [4.69, 9.17) is 14.2 Å². The molecule has 1 aliphatic carbocycles. The Labute approximate surface area is 162 Å². The minimum Gasteiger partial charge on any atom is -0.501 e. The maximum Gasteiger partial charge on any atom is 0.426 e. The maximum absolute atomic E-state index is 11.7. The average molecular weight is 384 g/mol. The molecule has 146 valence electrons. The highest BCUT2D eigenvalue weighted by Crippen LogP contribution is 2.52. The fraction of sp³-hybridized carbons (Fsp3) is 0.350. The van der Waals surface area contributed by atoms with E-state index in [1.54, 1.807) is 13.2 Å². The number of hydrogen-bond donors (Lipinski definition) is 2. The van der Waals surface area contributed by atoms with Gasteiger partial charge in [0.25, 0.3) is 0 Å². The molecule has 0 saturated carbocycles. The van der Waals surface area contributed by atoms with Crippen molar-refractivity contribution < 1.29 is 24.1 Å². The molecule has 8 heteroatoms. The van der Waals surface area contributed by atoms with E-state index in [1.165, 1.54) is 27.2 Å². The Hall–Kier alpha value is -3.47. The molecule has 0 heterocycles. The molecular formula is C20H22N3O5+. The van der Waals surface area contributed by atoms with Crippen molar-refractivity contribution in [3.05, 3.63) is 34.3 Å². The molecule has 2 N–H and O–H groups in total. The van der Waals surface area contributed by atoms with Crippen molar-refractivity contribution in [2.45, 2.75) is 25.8 Å². The Morgan fingerprint density at radius 3 is 2.46 bits per heavy atom. The third-order valence-electron chi connectivity index (χ3n) is 4.89. The van der Waals surface area contributed by atoms with Crippen LogP contribution in [0.5, 0.6) is 23.0 Å². The Bertz CT molecular complexity index is 981. The second kappa shape index (κ2) is 7.64. The standard InChI is InChI=1S/C20H21N3O5/c1-10(24)22-14-6-5-11-7-17(26-2)19(27-3)20(28-4)18(11)13-8-15(23-21)16(25)9-12(13)14/h7-9,14H,5-6H2,1-4H3,(H-,22,24,25)/p+1. The lowest BCUT2D eigenvalue weighted by molar-refractivity contribution is -0.119. The molecule has 2 aromatic rings. The fourth-order valence-corrected chi connectivity index (χ4v) is 3.73. The SMILES string of the molecule is COc1cc2c(c(OC)c1OC)-c1cc([N+]#N)c(O)cc1C(NC(C)=O)CC2. The van der Waals surface area contributed by atoms with Gasteiger partial charge in [0, 0.05) is 18.6 Å². The van der Waals surface area contributed by atoms with Gasteiger partial charge in [-0.3, -0.25) is 4.79 Å². The quantitative estimate of drug-likeness (QED) is 0.779. The van der Waals surface area contributed by atoms with Crippen LogP contribution in [-0.2, 0) is 11.2 Å². The monoisotopic (exact) mass is 384 g/mol. The Morgan fingerprint density at radius 2 is 1.89 bits per heavy atom. The summed E-state index contributed by atoms with van der Waals surface area (Å²) in [6, 6.07) is 4.62. The summed E-state index contributed by atoms with van der Waals surface area (Å²) < 4.78 is 16.6. The van der Waals surface area contributed by atoms with E-state index in [1.807, 2.05) is 6.07 Å². The summed E-state index contributed by atoms with van der Waals surface area (Å²) in [5.74, 6) is 1.07. The number of phenolic OH excluding ortho intramolecular Hbond substituents is 1. The summed E-state index contributed by atoms with van der Waals surface area (Å²) >= 11 is 0. The van der Waals surface area contributed by atoms with Crippen molar-refractivity contribution in [1.82, 2.24) is 5.32 Å². The highest BCUT2D eigenvalue weighted by Gasteiger charge is 2.32. The molecule has 0 saturated heterocycles. The number of aromatic hydroxyl groups is 1. The third-order valence-corrected chi connectivity index (χ3v) is 4.89. The number of fused-ring (bicyclic) bond motifs is 3. The van der Waals surface area contributed by atoms with Crippen LogP contribution in [-0.4, -0.2) is 32.3 Å². The maximum atomic E-state index is 11.7.